The van der Waals surface area contributed by atoms with Crippen LogP contribution >= 0.6 is 0 Å². The molecule has 1 aliphatic heterocycles. The second-order valence-corrected chi connectivity index (χ2v) is 5.62. The van der Waals surface area contributed by atoms with Crippen molar-refractivity contribution in [3.8, 4) is 0 Å². The third-order valence-corrected chi connectivity index (χ3v) is 4.19. The maximum Gasteiger partial charge on any atom is 0.0233 e. The highest BCUT2D eigenvalue weighted by Crippen LogP contribution is 2.31. The van der Waals surface area contributed by atoms with Gasteiger partial charge in [-0.1, -0.05) is 31.2 Å². The van der Waals surface area contributed by atoms with Crippen LogP contribution in [-0.4, -0.2) is 18.5 Å². The van der Waals surface area contributed by atoms with Crippen LogP contribution in [0, 0.1) is 0 Å². The Morgan fingerprint density at radius 1 is 1.12 bits per heavy atom. The summed E-state index contributed by atoms with van der Waals surface area (Å²) < 4.78 is 0. The third-order valence-electron chi connectivity index (χ3n) is 4.19. The molecule has 1 aromatic rings. The molecule has 17 heavy (non-hydrogen) atoms. The zero-order valence-corrected chi connectivity index (χ0v) is 10.9. The van der Waals surface area contributed by atoms with Gasteiger partial charge in [0.1, 0.15) is 0 Å². The summed E-state index contributed by atoms with van der Waals surface area (Å²) in [5.41, 5.74) is 6.30. The number of hydrogen-bond acceptors (Lipinski definition) is 1. The fraction of sp³-hybridized carbons (Fsp3) is 0.500. The summed E-state index contributed by atoms with van der Waals surface area (Å²) in [4.78, 5) is 2.42. The topological polar surface area (TPSA) is 3.24 Å². The van der Waals surface area contributed by atoms with Gasteiger partial charge in [0.25, 0.3) is 0 Å². The summed E-state index contributed by atoms with van der Waals surface area (Å²) in [6.07, 6.45) is 8.22. The van der Waals surface area contributed by atoms with Crippen molar-refractivity contribution in [1.82, 2.24) is 4.90 Å². The Hall–Kier alpha value is -1.08. The van der Waals surface area contributed by atoms with E-state index >= 15 is 0 Å². The summed E-state index contributed by atoms with van der Waals surface area (Å²) in [5.74, 6) is 0.682. The average Bonchev–Trinajstić information content (AvgIpc) is 2.49. The number of rotatable bonds is 0. The third kappa shape index (κ3) is 2.04. The van der Waals surface area contributed by atoms with Crippen LogP contribution in [0.4, 0.5) is 0 Å². The fourth-order valence-corrected chi connectivity index (χ4v) is 3.09. The van der Waals surface area contributed by atoms with Gasteiger partial charge >= 0.3 is 0 Å². The summed E-state index contributed by atoms with van der Waals surface area (Å²) in [5, 5.41) is 0. The van der Waals surface area contributed by atoms with E-state index in [-0.39, 0.29) is 0 Å². The van der Waals surface area contributed by atoms with Crippen LogP contribution in [0.15, 0.2) is 24.3 Å². The first-order valence-corrected chi connectivity index (χ1v) is 6.72. The highest BCUT2D eigenvalue weighted by atomic mass is 15.1. The molecule has 1 nitrogen and oxygen atoms in total. The second-order valence-electron chi connectivity index (χ2n) is 5.62. The normalized spacial score (nSPS) is 24.0. The van der Waals surface area contributed by atoms with Gasteiger partial charge in [-0.2, -0.15) is 0 Å². The van der Waals surface area contributed by atoms with Crippen LogP contribution in [0.1, 0.15) is 41.5 Å². The summed E-state index contributed by atoms with van der Waals surface area (Å²) >= 11 is 0. The lowest BCUT2D eigenvalue weighted by atomic mass is 9.87. The van der Waals surface area contributed by atoms with Crippen molar-refractivity contribution >= 4 is 0 Å². The van der Waals surface area contributed by atoms with E-state index in [2.05, 4.69) is 43.2 Å². The largest absolute Gasteiger partial charge is 0.302 e. The van der Waals surface area contributed by atoms with Crippen molar-refractivity contribution in [1.29, 1.82) is 0 Å². The molecule has 3 rings (SSSR count). The van der Waals surface area contributed by atoms with Gasteiger partial charge in [0, 0.05) is 13.1 Å². The molecule has 0 N–H and O–H groups in total. The van der Waals surface area contributed by atoms with Gasteiger partial charge in [0.2, 0.25) is 0 Å². The average molecular weight is 227 g/mol. The van der Waals surface area contributed by atoms with E-state index in [4.69, 9.17) is 0 Å². The molecule has 1 heteroatoms. The molecule has 0 saturated carbocycles. The highest BCUT2D eigenvalue weighted by molar-refractivity contribution is 5.43. The van der Waals surface area contributed by atoms with E-state index < -0.39 is 0 Å². The molecule has 1 heterocycles. The minimum absolute atomic E-state index is 0.682. The standard InChI is InChI=1S/C16H21N/c1-12-5-3-4-6-14-9-13-7-8-17(2)11-15(13)10-16(12)14/h3-4,9-10,12H,5-8,11H2,1-2H3. The Morgan fingerprint density at radius 3 is 2.88 bits per heavy atom. The minimum atomic E-state index is 0.682. The first-order chi connectivity index (χ1) is 8.24. The molecule has 0 spiro atoms. The Balaban J connectivity index is 2.06. The van der Waals surface area contributed by atoms with Crippen molar-refractivity contribution in [3.63, 3.8) is 0 Å². The zero-order chi connectivity index (χ0) is 11.8. The smallest absolute Gasteiger partial charge is 0.0233 e. The van der Waals surface area contributed by atoms with Gasteiger partial charge < -0.3 is 4.90 Å². The molecule has 0 aromatic heterocycles. The molecule has 1 aromatic carbocycles. The molecule has 1 aliphatic carbocycles. The maximum atomic E-state index is 2.48. The molecular formula is C16H21N. The Morgan fingerprint density at radius 2 is 2.00 bits per heavy atom. The lowest BCUT2D eigenvalue weighted by Crippen LogP contribution is -2.27. The van der Waals surface area contributed by atoms with Crippen LogP contribution in [0.3, 0.4) is 0 Å². The number of nitrogens with zero attached hydrogens (tertiary/aromatic N) is 1. The molecule has 2 aliphatic rings. The van der Waals surface area contributed by atoms with Crippen molar-refractivity contribution in [2.75, 3.05) is 13.6 Å². The van der Waals surface area contributed by atoms with E-state index in [1.54, 1.807) is 22.3 Å². The van der Waals surface area contributed by atoms with Gasteiger partial charge in [-0.15, -0.1) is 0 Å². The predicted molar refractivity (Wildman–Crippen MR) is 72.4 cm³/mol. The number of fused-ring (bicyclic) bond motifs is 2. The van der Waals surface area contributed by atoms with Crippen molar-refractivity contribution in [2.24, 2.45) is 0 Å². The van der Waals surface area contributed by atoms with Gasteiger partial charge in [-0.05, 0) is 54.5 Å². The molecule has 0 bridgehead atoms. The number of likely N-dealkylation sites (N-methyl/N-ethyl adjacent to an activating group) is 1. The fourth-order valence-electron chi connectivity index (χ4n) is 3.09. The zero-order valence-electron chi connectivity index (χ0n) is 10.9. The van der Waals surface area contributed by atoms with E-state index in [9.17, 15) is 0 Å². The molecule has 1 unspecified atom stereocenters. The number of benzene rings is 1. The van der Waals surface area contributed by atoms with Crippen LogP contribution < -0.4 is 0 Å². The first kappa shape index (κ1) is 11.0. The lowest BCUT2D eigenvalue weighted by Gasteiger charge is -2.27. The van der Waals surface area contributed by atoms with E-state index in [0.717, 1.165) is 13.0 Å². The van der Waals surface area contributed by atoms with Gasteiger partial charge in [-0.3, -0.25) is 0 Å². The minimum Gasteiger partial charge on any atom is -0.302 e. The predicted octanol–water partition coefficient (Wildman–Crippen LogP) is 3.28. The quantitative estimate of drug-likeness (QED) is 0.615. The molecule has 1 atom stereocenters. The van der Waals surface area contributed by atoms with Crippen LogP contribution in [-0.2, 0) is 19.4 Å². The number of hydrogen-bond donors (Lipinski definition) is 0. The maximum absolute atomic E-state index is 2.48. The number of allylic oxidation sites excluding steroid dienone is 2. The SMILES string of the molecule is CC1CC=CCc2cc3c(cc21)CN(C)CC3. The lowest BCUT2D eigenvalue weighted by molar-refractivity contribution is 0.312. The Labute approximate surface area is 104 Å². The van der Waals surface area contributed by atoms with Gasteiger partial charge in [0.05, 0.1) is 0 Å². The van der Waals surface area contributed by atoms with Crippen LogP contribution in [0.5, 0.6) is 0 Å². The van der Waals surface area contributed by atoms with Crippen molar-refractivity contribution < 1.29 is 0 Å². The summed E-state index contributed by atoms with van der Waals surface area (Å²) in [7, 11) is 2.22. The monoisotopic (exact) mass is 227 g/mol. The highest BCUT2D eigenvalue weighted by Gasteiger charge is 2.18. The molecule has 90 valence electrons. The molecule has 0 saturated heterocycles. The Kier molecular flexibility index (Phi) is 2.79. The van der Waals surface area contributed by atoms with E-state index in [0.29, 0.717) is 5.92 Å². The molecule has 0 fully saturated rings. The Bertz CT molecular complexity index is 459. The summed E-state index contributed by atoms with van der Waals surface area (Å²) in [6, 6.07) is 4.96. The van der Waals surface area contributed by atoms with Crippen LogP contribution in [0.2, 0.25) is 0 Å². The second kappa shape index (κ2) is 4.30. The van der Waals surface area contributed by atoms with E-state index in [1.165, 1.54) is 19.4 Å². The van der Waals surface area contributed by atoms with Gasteiger partial charge in [0.15, 0.2) is 0 Å². The van der Waals surface area contributed by atoms with Gasteiger partial charge in [-0.25, -0.2) is 0 Å². The van der Waals surface area contributed by atoms with Crippen molar-refractivity contribution in [3.05, 3.63) is 46.5 Å². The van der Waals surface area contributed by atoms with Crippen LogP contribution in [0.25, 0.3) is 0 Å². The summed E-state index contributed by atoms with van der Waals surface area (Å²) in [6.45, 7) is 4.69. The molecular weight excluding hydrogens is 206 g/mol. The van der Waals surface area contributed by atoms with Crippen molar-refractivity contribution in [2.45, 2.75) is 38.6 Å². The molecule has 0 amide bonds. The first-order valence-electron chi connectivity index (χ1n) is 6.72. The van der Waals surface area contributed by atoms with E-state index in [1.807, 2.05) is 0 Å². The molecule has 0 radical (unpaired) electrons.